The number of carbonyl (C=O) groups is 2. The van der Waals surface area contributed by atoms with Gasteiger partial charge < -0.3 is 20.2 Å². The zero-order valence-electron chi connectivity index (χ0n) is 13.9. The van der Waals surface area contributed by atoms with E-state index in [1.54, 1.807) is 0 Å². The van der Waals surface area contributed by atoms with Gasteiger partial charge in [-0.3, -0.25) is 4.79 Å². The van der Waals surface area contributed by atoms with E-state index in [4.69, 9.17) is 16.7 Å². The molecule has 0 saturated carbocycles. The summed E-state index contributed by atoms with van der Waals surface area (Å²) in [6.45, 7) is 0.316. The molecule has 0 saturated heterocycles. The van der Waals surface area contributed by atoms with Gasteiger partial charge in [0.1, 0.15) is 0 Å². The molecule has 6 nitrogen and oxygen atoms in total. The monoisotopic (exact) mass is 382 g/mol. The topological polar surface area (TPSA) is 78.4 Å². The van der Waals surface area contributed by atoms with Gasteiger partial charge in [0, 0.05) is 0 Å². The predicted octanol–water partition coefficient (Wildman–Crippen LogP) is 3.03. The smallest absolute Gasteiger partial charge is 0.416 e. The van der Waals surface area contributed by atoms with Crippen LogP contribution >= 0.6 is 11.6 Å². The summed E-state index contributed by atoms with van der Waals surface area (Å²) in [5, 5.41) is 13.5. The number of nitrogens with one attached hydrogen (secondary N) is 2. The first kappa shape index (κ1) is 21.0. The summed E-state index contributed by atoms with van der Waals surface area (Å²) in [4.78, 5) is 23.0. The van der Waals surface area contributed by atoms with Crippen LogP contribution in [0.15, 0.2) is 18.2 Å². The fourth-order valence-electron chi connectivity index (χ4n) is 2.17. The van der Waals surface area contributed by atoms with Crippen LogP contribution in [0.5, 0.6) is 0 Å². The fraction of sp³-hybridized carbons (Fsp3) is 0.467. The van der Waals surface area contributed by atoms with Gasteiger partial charge in [-0.15, -0.1) is 0 Å². The number of rotatable bonds is 6. The molecule has 1 rings (SSSR count). The van der Waals surface area contributed by atoms with Crippen LogP contribution in [0.2, 0.25) is 5.02 Å². The number of hydrogen-bond donors (Lipinski definition) is 3. The van der Waals surface area contributed by atoms with Crippen LogP contribution in [-0.2, 0) is 11.0 Å². The number of hydrogen-bond acceptors (Lipinski definition) is 2. The Kier molecular flexibility index (Phi) is 6.67. The van der Waals surface area contributed by atoms with Crippen molar-refractivity contribution < 1.29 is 32.3 Å². The molecule has 0 fully saturated rings. The minimum atomic E-state index is -4.58. The highest BCUT2D eigenvalue weighted by atomic mass is 35.5. The van der Waals surface area contributed by atoms with Gasteiger partial charge in [0.2, 0.25) is 0 Å². The van der Waals surface area contributed by atoms with E-state index < -0.39 is 29.8 Å². The Labute approximate surface area is 148 Å². The van der Waals surface area contributed by atoms with Crippen LogP contribution in [0.1, 0.15) is 12.0 Å². The minimum absolute atomic E-state index is 0.0652. The van der Waals surface area contributed by atoms with E-state index in [2.05, 4.69) is 10.6 Å². The molecule has 140 valence electrons. The number of carbonyl (C=O) groups excluding carboxylic acids is 1. The molecule has 0 spiro atoms. The number of urea groups is 1. The highest BCUT2D eigenvalue weighted by molar-refractivity contribution is 6.33. The highest BCUT2D eigenvalue weighted by Crippen LogP contribution is 2.33. The van der Waals surface area contributed by atoms with Gasteiger partial charge >= 0.3 is 18.2 Å². The molecule has 0 bridgehead atoms. The molecule has 2 amide bonds. The summed E-state index contributed by atoms with van der Waals surface area (Å²) in [5.41, 5.74) is -1.17. The first-order valence-electron chi connectivity index (χ1n) is 7.24. The van der Waals surface area contributed by atoms with E-state index in [1.807, 2.05) is 21.1 Å². The SMILES string of the molecule is C[N+](C)(C)C[C@@H](CC(=O)O)NC(=O)Nc1cc(C(F)(F)F)ccc1Cl. The number of alkyl halides is 3. The van der Waals surface area contributed by atoms with E-state index >= 15 is 0 Å². The van der Waals surface area contributed by atoms with E-state index in [0.29, 0.717) is 17.1 Å². The van der Waals surface area contributed by atoms with Gasteiger partial charge in [-0.05, 0) is 18.2 Å². The van der Waals surface area contributed by atoms with Crippen LogP contribution in [0, 0.1) is 0 Å². The lowest BCUT2D eigenvalue weighted by Crippen LogP contribution is -2.50. The standard InChI is InChI=1S/C15H19ClF3N3O3/c1-22(2,3)8-10(7-13(23)24)20-14(25)21-12-6-9(15(17,18)19)4-5-11(12)16/h4-6,10H,7-8H2,1-3H3,(H2-,20,21,23,24,25)/p+1/t10-/m1/s1. The van der Waals surface area contributed by atoms with Gasteiger partial charge in [0.15, 0.2) is 0 Å². The molecule has 0 radical (unpaired) electrons. The maximum atomic E-state index is 12.7. The van der Waals surface area contributed by atoms with E-state index in [-0.39, 0.29) is 17.1 Å². The van der Waals surface area contributed by atoms with Gasteiger partial charge in [0.25, 0.3) is 0 Å². The maximum Gasteiger partial charge on any atom is 0.416 e. The first-order chi connectivity index (χ1) is 11.3. The minimum Gasteiger partial charge on any atom is -0.481 e. The number of amides is 2. The average molecular weight is 383 g/mol. The summed E-state index contributed by atoms with van der Waals surface area (Å²) in [5.74, 6) is -1.10. The van der Waals surface area contributed by atoms with Crippen molar-refractivity contribution in [2.24, 2.45) is 0 Å². The second-order valence-corrected chi connectivity index (χ2v) is 6.97. The van der Waals surface area contributed by atoms with Crippen LogP contribution < -0.4 is 10.6 Å². The molecule has 0 aliphatic carbocycles. The Morgan fingerprint density at radius 3 is 2.36 bits per heavy atom. The van der Waals surface area contributed by atoms with Crippen molar-refractivity contribution in [3.05, 3.63) is 28.8 Å². The molecule has 25 heavy (non-hydrogen) atoms. The Hall–Kier alpha value is -2.00. The van der Waals surface area contributed by atoms with Crippen molar-refractivity contribution in [2.45, 2.75) is 18.6 Å². The zero-order chi connectivity index (χ0) is 19.4. The van der Waals surface area contributed by atoms with E-state index in [1.165, 1.54) is 0 Å². The summed E-state index contributed by atoms with van der Waals surface area (Å²) in [7, 11) is 5.45. The molecule has 0 aliphatic heterocycles. The van der Waals surface area contributed by atoms with Crippen molar-refractivity contribution in [1.82, 2.24) is 5.32 Å². The van der Waals surface area contributed by atoms with Crippen LogP contribution in [-0.4, -0.2) is 55.3 Å². The Morgan fingerprint density at radius 1 is 1.28 bits per heavy atom. The fourth-order valence-corrected chi connectivity index (χ4v) is 2.34. The molecule has 0 aromatic heterocycles. The molecule has 0 heterocycles. The molecule has 1 atom stereocenters. The second kappa shape index (κ2) is 7.92. The number of benzene rings is 1. The third-order valence-corrected chi connectivity index (χ3v) is 3.40. The van der Waals surface area contributed by atoms with Crippen molar-refractivity contribution in [2.75, 3.05) is 33.0 Å². The normalized spacial score (nSPS) is 13.2. The van der Waals surface area contributed by atoms with Crippen molar-refractivity contribution in [3.63, 3.8) is 0 Å². The number of quaternary nitrogens is 1. The van der Waals surface area contributed by atoms with Gasteiger partial charge in [0.05, 0.1) is 56.4 Å². The lowest BCUT2D eigenvalue weighted by Gasteiger charge is -2.29. The number of likely N-dealkylation sites (N-methyl/N-ethyl adjacent to an activating group) is 1. The molecule has 10 heteroatoms. The van der Waals surface area contributed by atoms with E-state index in [0.717, 1.165) is 12.1 Å². The molecule has 1 aromatic rings. The van der Waals surface area contributed by atoms with Crippen LogP contribution in [0.4, 0.5) is 23.7 Å². The molecule has 0 aliphatic rings. The summed E-state index contributed by atoms with van der Waals surface area (Å²) in [6.07, 6.45) is -4.90. The zero-order valence-corrected chi connectivity index (χ0v) is 14.7. The molecule has 0 unspecified atom stereocenters. The molecule has 1 aromatic carbocycles. The second-order valence-electron chi connectivity index (χ2n) is 6.56. The number of carboxylic acids is 1. The largest absolute Gasteiger partial charge is 0.481 e. The Balaban J connectivity index is 2.88. The number of halogens is 4. The average Bonchev–Trinajstić information content (AvgIpc) is 2.36. The van der Waals surface area contributed by atoms with Gasteiger partial charge in [-0.25, -0.2) is 4.79 Å². The molecular weight excluding hydrogens is 363 g/mol. The summed E-state index contributed by atoms with van der Waals surface area (Å²) in [6, 6.07) is 1.01. The number of nitrogens with zero attached hydrogens (tertiary/aromatic N) is 1. The van der Waals surface area contributed by atoms with Crippen molar-refractivity contribution >= 4 is 29.3 Å². The highest BCUT2D eigenvalue weighted by Gasteiger charge is 2.31. The van der Waals surface area contributed by atoms with Gasteiger partial charge in [-0.1, -0.05) is 11.6 Å². The quantitative estimate of drug-likeness (QED) is 0.662. The maximum absolute atomic E-state index is 12.7. The van der Waals surface area contributed by atoms with Crippen molar-refractivity contribution in [1.29, 1.82) is 0 Å². The van der Waals surface area contributed by atoms with Crippen molar-refractivity contribution in [3.8, 4) is 0 Å². The van der Waals surface area contributed by atoms with Crippen LogP contribution in [0.3, 0.4) is 0 Å². The van der Waals surface area contributed by atoms with Crippen LogP contribution in [0.25, 0.3) is 0 Å². The number of anilines is 1. The lowest BCUT2D eigenvalue weighted by atomic mass is 10.2. The van der Waals surface area contributed by atoms with Gasteiger partial charge in [-0.2, -0.15) is 13.2 Å². The number of carboxylic acid groups (broad SMARTS) is 1. The Morgan fingerprint density at radius 2 is 1.88 bits per heavy atom. The molecule has 3 N–H and O–H groups in total. The molecular formula is C15H20ClF3N3O3+. The van der Waals surface area contributed by atoms with E-state index in [9.17, 15) is 22.8 Å². The third kappa shape index (κ3) is 7.61. The summed E-state index contributed by atoms with van der Waals surface area (Å²) < 4.78 is 38.6. The summed E-state index contributed by atoms with van der Waals surface area (Å²) >= 11 is 5.81. The lowest BCUT2D eigenvalue weighted by molar-refractivity contribution is -0.871. The predicted molar refractivity (Wildman–Crippen MR) is 87.5 cm³/mol. The number of aliphatic carboxylic acids is 1. The first-order valence-corrected chi connectivity index (χ1v) is 7.62. The Bertz CT molecular complexity index is 645. The third-order valence-electron chi connectivity index (χ3n) is 3.07.